The van der Waals surface area contributed by atoms with Crippen LogP contribution in [0.2, 0.25) is 0 Å². The molecule has 0 unspecified atom stereocenters. The summed E-state index contributed by atoms with van der Waals surface area (Å²) in [5.41, 5.74) is 0.669. The van der Waals surface area contributed by atoms with Gasteiger partial charge in [0.2, 0.25) is 10.0 Å². The lowest BCUT2D eigenvalue weighted by Gasteiger charge is -2.18. The first-order chi connectivity index (χ1) is 6.57. The number of nitrogens with one attached hydrogen (secondary N) is 2. The summed E-state index contributed by atoms with van der Waals surface area (Å²) in [5.74, 6) is 0.656. The monoisotopic (exact) mass is 214 g/mol. The number of rotatable bonds is 1. The first-order valence-electron chi connectivity index (χ1n) is 4.08. The lowest BCUT2D eigenvalue weighted by atomic mass is 10.3. The highest BCUT2D eigenvalue weighted by atomic mass is 32.2. The maximum absolute atomic E-state index is 11.0. The molecule has 1 aromatic heterocycles. The first-order valence-corrected chi connectivity index (χ1v) is 5.62. The first kappa shape index (κ1) is 9.22. The minimum Gasteiger partial charge on any atom is -0.380 e. The molecule has 0 aliphatic carbocycles. The molecule has 0 aromatic carbocycles. The maximum Gasteiger partial charge on any atom is 0.239 e. The third-order valence-electron chi connectivity index (χ3n) is 1.92. The van der Waals surface area contributed by atoms with Crippen molar-refractivity contribution in [1.29, 1.82) is 0 Å². The van der Waals surface area contributed by atoms with E-state index < -0.39 is 10.0 Å². The Morgan fingerprint density at radius 1 is 1.36 bits per heavy atom. The average Bonchev–Trinajstić information content (AvgIpc) is 2.16. The number of nitrogens with zero attached hydrogens (tertiary/aromatic N) is 1. The largest absolute Gasteiger partial charge is 0.380 e. The number of pyridine rings is 1. The van der Waals surface area contributed by atoms with E-state index in [1.807, 2.05) is 0 Å². The second-order valence-electron chi connectivity index (χ2n) is 2.97. The minimum absolute atomic E-state index is 0.0208. The van der Waals surface area contributed by atoms with Gasteiger partial charge in [-0.25, -0.2) is 18.5 Å². The summed E-state index contributed by atoms with van der Waals surface area (Å²) in [7, 11) is -3.67. The summed E-state index contributed by atoms with van der Waals surface area (Å²) >= 11 is 0. The second kappa shape index (κ2) is 3.10. The van der Waals surface area contributed by atoms with Gasteiger partial charge in [-0.1, -0.05) is 0 Å². The Labute approximate surface area is 81.6 Å². The second-order valence-corrected chi connectivity index (χ2v) is 4.53. The topological polar surface area (TPSA) is 97.1 Å². The molecule has 0 saturated carbocycles. The van der Waals surface area contributed by atoms with Crippen molar-refractivity contribution < 1.29 is 8.42 Å². The number of anilines is 2. The summed E-state index contributed by atoms with van der Waals surface area (Å²) in [6, 6.07) is 1.48. The van der Waals surface area contributed by atoms with Gasteiger partial charge in [0, 0.05) is 19.3 Å². The van der Waals surface area contributed by atoms with Crippen molar-refractivity contribution in [3.8, 4) is 0 Å². The smallest absolute Gasteiger partial charge is 0.239 e. The molecule has 6 nitrogen and oxygen atoms in total. The number of primary sulfonamides is 1. The van der Waals surface area contributed by atoms with Crippen LogP contribution < -0.4 is 15.8 Å². The van der Waals surface area contributed by atoms with Crippen molar-refractivity contribution in [2.45, 2.75) is 4.90 Å². The predicted octanol–water partition coefficient (Wildman–Crippen LogP) is -0.434. The fraction of sp³-hybridized carbons (Fsp3) is 0.286. The lowest BCUT2D eigenvalue weighted by molar-refractivity contribution is 0.597. The van der Waals surface area contributed by atoms with E-state index in [0.29, 0.717) is 11.5 Å². The molecule has 7 heteroatoms. The van der Waals surface area contributed by atoms with E-state index in [-0.39, 0.29) is 4.90 Å². The molecule has 1 aliphatic heterocycles. The molecule has 0 fully saturated rings. The number of nitrogens with two attached hydrogens (primary N) is 1. The van der Waals surface area contributed by atoms with E-state index in [1.165, 1.54) is 12.3 Å². The average molecular weight is 214 g/mol. The lowest BCUT2D eigenvalue weighted by Crippen LogP contribution is -2.22. The van der Waals surface area contributed by atoms with Crippen molar-refractivity contribution in [2.75, 3.05) is 23.7 Å². The fourth-order valence-electron chi connectivity index (χ4n) is 1.25. The quantitative estimate of drug-likeness (QED) is 0.589. The van der Waals surface area contributed by atoms with Gasteiger partial charge in [0.25, 0.3) is 0 Å². The molecule has 0 amide bonds. The molecule has 2 rings (SSSR count). The van der Waals surface area contributed by atoms with Gasteiger partial charge in [0.1, 0.15) is 10.7 Å². The number of hydrogen-bond donors (Lipinski definition) is 3. The van der Waals surface area contributed by atoms with Crippen LogP contribution in [0.3, 0.4) is 0 Å². The predicted molar refractivity (Wildman–Crippen MR) is 52.6 cm³/mol. The van der Waals surface area contributed by atoms with Gasteiger partial charge in [-0.2, -0.15) is 0 Å². The summed E-state index contributed by atoms with van der Waals surface area (Å²) < 4.78 is 22.0. The van der Waals surface area contributed by atoms with Gasteiger partial charge in [-0.05, 0) is 6.07 Å². The maximum atomic E-state index is 11.0. The Bertz CT molecular complexity index is 457. The highest BCUT2D eigenvalue weighted by molar-refractivity contribution is 7.89. The molecule has 0 saturated heterocycles. The van der Waals surface area contributed by atoms with E-state index >= 15 is 0 Å². The molecule has 1 aromatic rings. The van der Waals surface area contributed by atoms with Crippen LogP contribution in [-0.4, -0.2) is 26.5 Å². The Morgan fingerprint density at radius 2 is 2.07 bits per heavy atom. The molecule has 0 bridgehead atoms. The molecule has 1 aliphatic rings. The van der Waals surface area contributed by atoms with Crippen LogP contribution in [0, 0.1) is 0 Å². The van der Waals surface area contributed by atoms with E-state index in [2.05, 4.69) is 15.6 Å². The molecule has 4 N–H and O–H groups in total. The SMILES string of the molecule is NS(=O)(=O)c1cnc2c(c1)NCCN2. The van der Waals surface area contributed by atoms with Crippen LogP contribution in [0.5, 0.6) is 0 Å². The summed E-state index contributed by atoms with van der Waals surface area (Å²) in [5, 5.41) is 11.0. The van der Waals surface area contributed by atoms with Crippen molar-refractivity contribution >= 4 is 21.5 Å². The van der Waals surface area contributed by atoms with E-state index in [9.17, 15) is 8.42 Å². The zero-order valence-corrected chi connectivity index (χ0v) is 8.13. The van der Waals surface area contributed by atoms with Gasteiger partial charge in [-0.15, -0.1) is 0 Å². The zero-order valence-electron chi connectivity index (χ0n) is 7.32. The molecular weight excluding hydrogens is 204 g/mol. The molecular formula is C7H10N4O2S. The van der Waals surface area contributed by atoms with Crippen LogP contribution in [-0.2, 0) is 10.0 Å². The van der Waals surface area contributed by atoms with Gasteiger partial charge >= 0.3 is 0 Å². The minimum atomic E-state index is -3.67. The molecule has 0 radical (unpaired) electrons. The molecule has 0 atom stereocenters. The van der Waals surface area contributed by atoms with Gasteiger partial charge < -0.3 is 10.6 Å². The number of aromatic nitrogens is 1. The van der Waals surface area contributed by atoms with Crippen molar-refractivity contribution in [3.05, 3.63) is 12.3 Å². The van der Waals surface area contributed by atoms with Crippen LogP contribution in [0.4, 0.5) is 11.5 Å². The van der Waals surface area contributed by atoms with Crippen LogP contribution in [0.15, 0.2) is 17.2 Å². The molecule has 2 heterocycles. The van der Waals surface area contributed by atoms with Crippen LogP contribution >= 0.6 is 0 Å². The van der Waals surface area contributed by atoms with Crippen molar-refractivity contribution in [2.24, 2.45) is 5.14 Å². The Balaban J connectivity index is 2.49. The Hall–Kier alpha value is -1.34. The third kappa shape index (κ3) is 1.64. The summed E-state index contributed by atoms with van der Waals surface area (Å²) in [6.07, 6.45) is 1.24. The summed E-state index contributed by atoms with van der Waals surface area (Å²) in [6.45, 7) is 1.51. The van der Waals surface area contributed by atoms with Crippen molar-refractivity contribution in [3.63, 3.8) is 0 Å². The number of sulfonamides is 1. The van der Waals surface area contributed by atoms with E-state index in [0.717, 1.165) is 13.1 Å². The van der Waals surface area contributed by atoms with E-state index in [1.54, 1.807) is 0 Å². The standard InChI is InChI=1S/C7H10N4O2S/c8-14(12,13)5-3-6-7(11-4-5)10-2-1-9-6/h3-4,9H,1-2H2,(H,10,11)(H2,8,12,13). The molecule has 0 spiro atoms. The normalized spacial score (nSPS) is 15.2. The number of fused-ring (bicyclic) bond motifs is 1. The zero-order chi connectivity index (χ0) is 10.2. The number of hydrogen-bond acceptors (Lipinski definition) is 5. The third-order valence-corrected chi connectivity index (χ3v) is 2.80. The van der Waals surface area contributed by atoms with Gasteiger partial charge in [0.15, 0.2) is 0 Å². The Morgan fingerprint density at radius 3 is 2.79 bits per heavy atom. The van der Waals surface area contributed by atoms with Crippen LogP contribution in [0.25, 0.3) is 0 Å². The van der Waals surface area contributed by atoms with Gasteiger partial charge in [-0.3, -0.25) is 0 Å². The fourth-order valence-corrected chi connectivity index (χ4v) is 1.74. The molecule has 76 valence electrons. The van der Waals surface area contributed by atoms with E-state index in [4.69, 9.17) is 5.14 Å². The summed E-state index contributed by atoms with van der Waals surface area (Å²) in [4.78, 5) is 3.97. The van der Waals surface area contributed by atoms with Crippen LogP contribution in [0.1, 0.15) is 0 Å². The van der Waals surface area contributed by atoms with Crippen molar-refractivity contribution in [1.82, 2.24) is 4.98 Å². The Kier molecular flexibility index (Phi) is 2.05. The highest BCUT2D eigenvalue weighted by Gasteiger charge is 2.14. The molecule has 14 heavy (non-hydrogen) atoms. The van der Waals surface area contributed by atoms with Gasteiger partial charge in [0.05, 0.1) is 5.69 Å². The highest BCUT2D eigenvalue weighted by Crippen LogP contribution is 2.23.